The van der Waals surface area contributed by atoms with Crippen LogP contribution in [0.25, 0.3) is 0 Å². The summed E-state index contributed by atoms with van der Waals surface area (Å²) in [6.07, 6.45) is 2.96. The molecule has 0 unspecified atom stereocenters. The van der Waals surface area contributed by atoms with Gasteiger partial charge in [0, 0.05) is 12.6 Å². The summed E-state index contributed by atoms with van der Waals surface area (Å²) in [4.78, 5) is 11.6. The van der Waals surface area contributed by atoms with Gasteiger partial charge in [-0.2, -0.15) is 0 Å². The molecule has 0 fully saturated rings. The second kappa shape index (κ2) is 7.39. The largest absolute Gasteiger partial charge is 0.327 e. The van der Waals surface area contributed by atoms with Crippen LogP contribution < -0.4 is 11.1 Å². The van der Waals surface area contributed by atoms with Gasteiger partial charge in [-0.25, -0.2) is 0 Å². The van der Waals surface area contributed by atoms with Crippen LogP contribution in [-0.4, -0.2) is 24.4 Å². The van der Waals surface area contributed by atoms with Gasteiger partial charge in [0.25, 0.3) is 0 Å². The van der Waals surface area contributed by atoms with Crippen LogP contribution in [0.1, 0.15) is 67.7 Å². The first-order valence-corrected chi connectivity index (χ1v) is 7.40. The highest BCUT2D eigenvalue weighted by atomic mass is 16.1. The minimum Gasteiger partial charge on any atom is -0.327 e. The van der Waals surface area contributed by atoms with Gasteiger partial charge in [0.2, 0.25) is 0 Å². The van der Waals surface area contributed by atoms with E-state index in [4.69, 9.17) is 5.73 Å². The SMILES string of the molecule is CC(=O)[C@H](CC(C)(C)C)NC[C@H](N)CCC(C)(C)C. The molecule has 0 aliphatic carbocycles. The summed E-state index contributed by atoms with van der Waals surface area (Å²) < 4.78 is 0. The summed E-state index contributed by atoms with van der Waals surface area (Å²) in [6, 6.07) is 0.0572. The van der Waals surface area contributed by atoms with Crippen molar-refractivity contribution in [2.45, 2.75) is 79.8 Å². The Bertz CT molecular complexity index is 273. The fourth-order valence-corrected chi connectivity index (χ4v) is 1.99. The molecule has 0 aromatic rings. The van der Waals surface area contributed by atoms with Gasteiger partial charge >= 0.3 is 0 Å². The predicted molar refractivity (Wildman–Crippen MR) is 83.2 cm³/mol. The van der Waals surface area contributed by atoms with Gasteiger partial charge < -0.3 is 11.1 Å². The van der Waals surface area contributed by atoms with Crippen LogP contribution in [0.4, 0.5) is 0 Å². The van der Waals surface area contributed by atoms with Crippen molar-refractivity contribution >= 4 is 5.78 Å². The Labute approximate surface area is 119 Å². The van der Waals surface area contributed by atoms with E-state index in [0.29, 0.717) is 5.41 Å². The Hall–Kier alpha value is -0.410. The van der Waals surface area contributed by atoms with Crippen molar-refractivity contribution in [1.29, 1.82) is 0 Å². The fraction of sp³-hybridized carbons (Fsp3) is 0.938. The molecule has 2 atom stereocenters. The zero-order valence-corrected chi connectivity index (χ0v) is 14.0. The summed E-state index contributed by atoms with van der Waals surface area (Å²) in [6.45, 7) is 15.5. The Morgan fingerprint density at radius 1 is 1.11 bits per heavy atom. The van der Waals surface area contributed by atoms with E-state index >= 15 is 0 Å². The van der Waals surface area contributed by atoms with Crippen LogP contribution in [0.15, 0.2) is 0 Å². The number of nitrogens with two attached hydrogens (primary N) is 1. The normalized spacial score (nSPS) is 16.2. The van der Waals surface area contributed by atoms with Gasteiger partial charge in [0.15, 0.2) is 0 Å². The van der Waals surface area contributed by atoms with Crippen LogP contribution in [0.3, 0.4) is 0 Å². The lowest BCUT2D eigenvalue weighted by Gasteiger charge is -2.27. The van der Waals surface area contributed by atoms with Gasteiger partial charge in [0.05, 0.1) is 6.04 Å². The van der Waals surface area contributed by atoms with Gasteiger partial charge in [-0.15, -0.1) is 0 Å². The Balaban J connectivity index is 4.15. The highest BCUT2D eigenvalue weighted by molar-refractivity contribution is 5.81. The minimum atomic E-state index is -0.0688. The molecule has 0 saturated heterocycles. The van der Waals surface area contributed by atoms with Crippen molar-refractivity contribution in [3.8, 4) is 0 Å². The predicted octanol–water partition coefficient (Wildman–Crippen LogP) is 3.12. The van der Waals surface area contributed by atoms with E-state index in [2.05, 4.69) is 46.9 Å². The molecule has 3 N–H and O–H groups in total. The van der Waals surface area contributed by atoms with Crippen molar-refractivity contribution in [3.05, 3.63) is 0 Å². The Morgan fingerprint density at radius 3 is 2.00 bits per heavy atom. The Kier molecular flexibility index (Phi) is 7.23. The van der Waals surface area contributed by atoms with Gasteiger partial charge in [-0.05, 0) is 37.0 Å². The minimum absolute atomic E-state index is 0.0688. The number of carbonyl (C=O) groups is 1. The molecule has 0 aliphatic heterocycles. The molecule has 0 heterocycles. The van der Waals surface area contributed by atoms with E-state index in [-0.39, 0.29) is 23.3 Å². The van der Waals surface area contributed by atoms with Crippen LogP contribution in [0, 0.1) is 10.8 Å². The van der Waals surface area contributed by atoms with Crippen LogP contribution >= 0.6 is 0 Å². The highest BCUT2D eigenvalue weighted by Gasteiger charge is 2.22. The molecular weight excluding hydrogens is 236 g/mol. The second-order valence-corrected chi connectivity index (χ2v) is 8.20. The summed E-state index contributed by atoms with van der Waals surface area (Å²) in [5, 5.41) is 3.34. The topological polar surface area (TPSA) is 55.1 Å². The van der Waals surface area contributed by atoms with E-state index in [1.54, 1.807) is 6.92 Å². The average molecular weight is 270 g/mol. The van der Waals surface area contributed by atoms with Crippen LogP contribution in [-0.2, 0) is 4.79 Å². The zero-order valence-electron chi connectivity index (χ0n) is 14.0. The number of ketones is 1. The fourth-order valence-electron chi connectivity index (χ4n) is 1.99. The molecule has 3 nitrogen and oxygen atoms in total. The molecule has 0 spiro atoms. The summed E-state index contributed by atoms with van der Waals surface area (Å²) in [5.74, 6) is 0.206. The molecule has 0 saturated carbocycles. The number of rotatable bonds is 7. The molecule has 0 rings (SSSR count). The van der Waals surface area contributed by atoms with Crippen molar-refractivity contribution in [1.82, 2.24) is 5.32 Å². The third-order valence-electron chi connectivity index (χ3n) is 3.20. The summed E-state index contributed by atoms with van der Waals surface area (Å²) >= 11 is 0. The number of carbonyl (C=O) groups excluding carboxylic acids is 1. The van der Waals surface area contributed by atoms with Crippen molar-refractivity contribution < 1.29 is 4.79 Å². The standard InChI is InChI=1S/C16H34N2O/c1-12(19)14(10-16(5,6)7)18-11-13(17)8-9-15(2,3)4/h13-14,18H,8-11,17H2,1-7H3/t13-,14+/m1/s1. The number of Topliss-reactive ketones (excluding diaryl/α,β-unsaturated/α-hetero) is 1. The molecule has 19 heavy (non-hydrogen) atoms. The molecular formula is C16H34N2O. The molecule has 0 aliphatic rings. The number of hydrogen-bond acceptors (Lipinski definition) is 3. The maximum atomic E-state index is 11.6. The molecule has 0 radical (unpaired) electrons. The quantitative estimate of drug-likeness (QED) is 0.747. The average Bonchev–Trinajstić information content (AvgIpc) is 2.18. The van der Waals surface area contributed by atoms with Crippen LogP contribution in [0.2, 0.25) is 0 Å². The zero-order chi connectivity index (χ0) is 15.3. The third kappa shape index (κ3) is 11.1. The molecule has 114 valence electrons. The first kappa shape index (κ1) is 18.6. The van der Waals surface area contributed by atoms with Gasteiger partial charge in [0.1, 0.15) is 5.78 Å². The molecule has 0 aromatic heterocycles. The smallest absolute Gasteiger partial charge is 0.146 e. The van der Waals surface area contributed by atoms with E-state index in [0.717, 1.165) is 25.8 Å². The number of nitrogens with one attached hydrogen (secondary N) is 1. The molecule has 0 amide bonds. The first-order valence-electron chi connectivity index (χ1n) is 7.40. The molecule has 0 bridgehead atoms. The van der Waals surface area contributed by atoms with Crippen molar-refractivity contribution in [2.75, 3.05) is 6.54 Å². The van der Waals surface area contributed by atoms with E-state index in [1.165, 1.54) is 0 Å². The van der Waals surface area contributed by atoms with E-state index in [1.807, 2.05) is 0 Å². The third-order valence-corrected chi connectivity index (χ3v) is 3.20. The maximum Gasteiger partial charge on any atom is 0.146 e. The van der Waals surface area contributed by atoms with Gasteiger partial charge in [-0.3, -0.25) is 4.79 Å². The van der Waals surface area contributed by atoms with E-state index in [9.17, 15) is 4.79 Å². The number of hydrogen-bond donors (Lipinski definition) is 2. The molecule has 3 heteroatoms. The lowest BCUT2D eigenvalue weighted by Crippen LogP contribution is -2.44. The maximum absolute atomic E-state index is 11.6. The van der Waals surface area contributed by atoms with Crippen LogP contribution in [0.5, 0.6) is 0 Å². The lowest BCUT2D eigenvalue weighted by atomic mass is 9.86. The highest BCUT2D eigenvalue weighted by Crippen LogP contribution is 2.22. The van der Waals surface area contributed by atoms with Crippen molar-refractivity contribution in [2.24, 2.45) is 16.6 Å². The Morgan fingerprint density at radius 2 is 1.63 bits per heavy atom. The second-order valence-electron chi connectivity index (χ2n) is 8.20. The lowest BCUT2D eigenvalue weighted by molar-refractivity contribution is -0.119. The molecule has 0 aromatic carbocycles. The summed E-state index contributed by atoms with van der Waals surface area (Å²) in [7, 11) is 0. The summed E-state index contributed by atoms with van der Waals surface area (Å²) in [5.41, 5.74) is 6.59. The van der Waals surface area contributed by atoms with Gasteiger partial charge in [-0.1, -0.05) is 41.5 Å². The monoisotopic (exact) mass is 270 g/mol. The van der Waals surface area contributed by atoms with E-state index < -0.39 is 0 Å². The van der Waals surface area contributed by atoms with Crippen molar-refractivity contribution in [3.63, 3.8) is 0 Å². The first-order chi connectivity index (χ1) is 8.41.